The zero-order chi connectivity index (χ0) is 18.6. The zero-order valence-electron chi connectivity index (χ0n) is 15.1. The van der Waals surface area contributed by atoms with Gasteiger partial charge in [-0.25, -0.2) is 9.97 Å². The van der Waals surface area contributed by atoms with Crippen LogP contribution in [-0.2, 0) is 6.54 Å². The molecule has 1 aliphatic rings. The van der Waals surface area contributed by atoms with Gasteiger partial charge >= 0.3 is 0 Å². The standard InChI is InChI=1S/C21H21N5O/c1-14-11-23-20(26-19(14)24-13-15-3-2-10-22-12-15)16-4-6-17(7-5-16)21(27)25-18-8-9-18/h2-7,10-12,18H,8-9,13H2,1H3,(H,25,27)(H,23,24,26). The third-order valence-electron chi connectivity index (χ3n) is 4.47. The molecule has 4 rings (SSSR count). The lowest BCUT2D eigenvalue weighted by atomic mass is 10.1. The Hall–Kier alpha value is -3.28. The van der Waals surface area contributed by atoms with Crippen LogP contribution < -0.4 is 10.6 Å². The molecule has 0 unspecified atom stereocenters. The summed E-state index contributed by atoms with van der Waals surface area (Å²) in [6, 6.07) is 11.7. The number of nitrogens with one attached hydrogen (secondary N) is 2. The molecule has 2 N–H and O–H groups in total. The minimum Gasteiger partial charge on any atom is -0.366 e. The molecule has 0 aliphatic heterocycles. The van der Waals surface area contributed by atoms with Crippen LogP contribution in [0.2, 0.25) is 0 Å². The lowest BCUT2D eigenvalue weighted by Gasteiger charge is -2.10. The SMILES string of the molecule is Cc1cnc(-c2ccc(C(=O)NC3CC3)cc2)nc1NCc1cccnc1. The van der Waals surface area contributed by atoms with Crippen LogP contribution in [0.15, 0.2) is 55.0 Å². The largest absolute Gasteiger partial charge is 0.366 e. The number of nitrogens with zero attached hydrogens (tertiary/aromatic N) is 3. The zero-order valence-corrected chi connectivity index (χ0v) is 15.1. The summed E-state index contributed by atoms with van der Waals surface area (Å²) in [4.78, 5) is 25.3. The van der Waals surface area contributed by atoms with Crippen LogP contribution in [0.5, 0.6) is 0 Å². The van der Waals surface area contributed by atoms with Crippen LogP contribution in [0.4, 0.5) is 5.82 Å². The summed E-state index contributed by atoms with van der Waals surface area (Å²) in [5.74, 6) is 1.40. The van der Waals surface area contributed by atoms with Gasteiger partial charge in [0, 0.05) is 47.9 Å². The summed E-state index contributed by atoms with van der Waals surface area (Å²) in [7, 11) is 0. The summed E-state index contributed by atoms with van der Waals surface area (Å²) >= 11 is 0. The van der Waals surface area contributed by atoms with E-state index in [0.717, 1.165) is 35.3 Å². The monoisotopic (exact) mass is 359 g/mol. The molecular weight excluding hydrogens is 338 g/mol. The maximum Gasteiger partial charge on any atom is 0.251 e. The highest BCUT2D eigenvalue weighted by Gasteiger charge is 2.23. The third-order valence-corrected chi connectivity index (χ3v) is 4.47. The van der Waals surface area contributed by atoms with Crippen molar-refractivity contribution in [3.8, 4) is 11.4 Å². The topological polar surface area (TPSA) is 79.8 Å². The first-order valence-electron chi connectivity index (χ1n) is 9.07. The quantitative estimate of drug-likeness (QED) is 0.705. The Balaban J connectivity index is 1.49. The van der Waals surface area contributed by atoms with Crippen LogP contribution in [0.1, 0.15) is 34.3 Å². The highest BCUT2D eigenvalue weighted by atomic mass is 16.1. The Labute approximate surface area is 158 Å². The Morgan fingerprint density at radius 3 is 2.67 bits per heavy atom. The highest BCUT2D eigenvalue weighted by Crippen LogP contribution is 2.22. The minimum atomic E-state index is -0.0206. The van der Waals surface area contributed by atoms with Crippen molar-refractivity contribution in [2.75, 3.05) is 5.32 Å². The summed E-state index contributed by atoms with van der Waals surface area (Å²) in [6.45, 7) is 2.62. The fraction of sp³-hybridized carbons (Fsp3) is 0.238. The van der Waals surface area contributed by atoms with Crippen LogP contribution >= 0.6 is 0 Å². The summed E-state index contributed by atoms with van der Waals surface area (Å²) < 4.78 is 0. The third kappa shape index (κ3) is 4.28. The molecule has 1 fully saturated rings. The smallest absolute Gasteiger partial charge is 0.251 e. The van der Waals surface area contributed by atoms with Crippen molar-refractivity contribution in [2.45, 2.75) is 32.4 Å². The summed E-state index contributed by atoms with van der Waals surface area (Å²) in [5.41, 5.74) is 3.60. The van der Waals surface area contributed by atoms with Gasteiger partial charge in [-0.05, 0) is 43.5 Å². The lowest BCUT2D eigenvalue weighted by molar-refractivity contribution is 0.0951. The van der Waals surface area contributed by atoms with E-state index in [0.29, 0.717) is 24.0 Å². The van der Waals surface area contributed by atoms with Gasteiger partial charge in [-0.2, -0.15) is 0 Å². The van der Waals surface area contributed by atoms with Crippen molar-refractivity contribution < 1.29 is 4.79 Å². The van der Waals surface area contributed by atoms with Crippen LogP contribution in [-0.4, -0.2) is 26.9 Å². The average Bonchev–Trinajstić information content (AvgIpc) is 3.52. The number of anilines is 1. The lowest BCUT2D eigenvalue weighted by Crippen LogP contribution is -2.25. The molecule has 0 bridgehead atoms. The molecule has 1 aromatic carbocycles. The molecule has 27 heavy (non-hydrogen) atoms. The van der Waals surface area contributed by atoms with Gasteiger partial charge in [0.2, 0.25) is 0 Å². The van der Waals surface area contributed by atoms with E-state index in [4.69, 9.17) is 0 Å². The molecule has 2 aromatic heterocycles. The Morgan fingerprint density at radius 2 is 1.96 bits per heavy atom. The van der Waals surface area contributed by atoms with Gasteiger partial charge in [0.05, 0.1) is 0 Å². The van der Waals surface area contributed by atoms with Crippen molar-refractivity contribution in [3.63, 3.8) is 0 Å². The van der Waals surface area contributed by atoms with E-state index >= 15 is 0 Å². The number of pyridine rings is 1. The summed E-state index contributed by atoms with van der Waals surface area (Å²) in [6.07, 6.45) is 7.55. The van der Waals surface area contributed by atoms with Gasteiger partial charge in [-0.3, -0.25) is 9.78 Å². The van der Waals surface area contributed by atoms with E-state index in [-0.39, 0.29) is 5.91 Å². The molecule has 2 heterocycles. The predicted octanol–water partition coefficient (Wildman–Crippen LogP) is 3.35. The fourth-order valence-corrected chi connectivity index (χ4v) is 2.72. The normalized spacial score (nSPS) is 13.2. The van der Waals surface area contributed by atoms with Crippen molar-refractivity contribution >= 4 is 11.7 Å². The van der Waals surface area contributed by atoms with E-state index in [2.05, 4.69) is 25.6 Å². The molecule has 3 aromatic rings. The Morgan fingerprint density at radius 1 is 1.15 bits per heavy atom. The second-order valence-electron chi connectivity index (χ2n) is 6.77. The summed E-state index contributed by atoms with van der Waals surface area (Å²) in [5, 5.41) is 6.34. The molecule has 0 atom stereocenters. The first kappa shape index (κ1) is 17.1. The first-order valence-corrected chi connectivity index (χ1v) is 9.07. The van der Waals surface area contributed by atoms with E-state index < -0.39 is 0 Å². The maximum absolute atomic E-state index is 12.1. The van der Waals surface area contributed by atoms with Crippen molar-refractivity contribution in [2.24, 2.45) is 0 Å². The number of aryl methyl sites for hydroxylation is 1. The van der Waals surface area contributed by atoms with Gasteiger partial charge in [-0.15, -0.1) is 0 Å². The number of rotatable bonds is 6. The van der Waals surface area contributed by atoms with E-state index in [1.165, 1.54) is 0 Å². The van der Waals surface area contributed by atoms with Gasteiger partial charge in [0.25, 0.3) is 5.91 Å². The van der Waals surface area contributed by atoms with Gasteiger partial charge in [0.15, 0.2) is 5.82 Å². The Kier molecular flexibility index (Phi) is 4.78. The Bertz CT molecular complexity index is 937. The van der Waals surface area contributed by atoms with Gasteiger partial charge < -0.3 is 10.6 Å². The van der Waals surface area contributed by atoms with E-state index in [1.807, 2.05) is 55.7 Å². The highest BCUT2D eigenvalue weighted by molar-refractivity contribution is 5.95. The van der Waals surface area contributed by atoms with Crippen LogP contribution in [0.25, 0.3) is 11.4 Å². The molecule has 0 radical (unpaired) electrons. The van der Waals surface area contributed by atoms with Crippen LogP contribution in [0.3, 0.4) is 0 Å². The van der Waals surface area contributed by atoms with E-state index in [9.17, 15) is 4.79 Å². The molecular formula is C21H21N5O. The molecule has 136 valence electrons. The van der Waals surface area contributed by atoms with Crippen molar-refractivity contribution in [1.82, 2.24) is 20.3 Å². The van der Waals surface area contributed by atoms with Gasteiger partial charge in [0.1, 0.15) is 5.82 Å². The molecule has 6 heteroatoms. The molecule has 0 spiro atoms. The molecule has 1 saturated carbocycles. The number of carbonyl (C=O) groups excluding carboxylic acids is 1. The number of aromatic nitrogens is 3. The molecule has 0 saturated heterocycles. The number of carbonyl (C=O) groups is 1. The number of hydrogen-bond acceptors (Lipinski definition) is 5. The fourth-order valence-electron chi connectivity index (χ4n) is 2.72. The predicted molar refractivity (Wildman–Crippen MR) is 104 cm³/mol. The first-order chi connectivity index (χ1) is 13.2. The van der Waals surface area contributed by atoms with Crippen molar-refractivity contribution in [3.05, 3.63) is 71.7 Å². The number of benzene rings is 1. The van der Waals surface area contributed by atoms with Crippen LogP contribution in [0, 0.1) is 6.92 Å². The van der Waals surface area contributed by atoms with Crippen molar-refractivity contribution in [1.29, 1.82) is 0 Å². The molecule has 1 aliphatic carbocycles. The second kappa shape index (κ2) is 7.53. The van der Waals surface area contributed by atoms with Gasteiger partial charge in [-0.1, -0.05) is 18.2 Å². The minimum absolute atomic E-state index is 0.0206. The number of amides is 1. The number of hydrogen-bond donors (Lipinski definition) is 2. The molecule has 1 amide bonds. The second-order valence-corrected chi connectivity index (χ2v) is 6.77. The average molecular weight is 359 g/mol. The van der Waals surface area contributed by atoms with E-state index in [1.54, 1.807) is 6.20 Å². The maximum atomic E-state index is 12.1. The molecule has 6 nitrogen and oxygen atoms in total.